The van der Waals surface area contributed by atoms with Crippen molar-refractivity contribution in [3.8, 4) is 0 Å². The number of hydrogen-bond acceptors (Lipinski definition) is 4. The number of aromatic amines is 1. The summed E-state index contributed by atoms with van der Waals surface area (Å²) in [6.45, 7) is 1.71. The maximum atomic E-state index is 12.2. The first-order valence-corrected chi connectivity index (χ1v) is 8.85. The van der Waals surface area contributed by atoms with Gasteiger partial charge in [-0.2, -0.15) is 16.9 Å². The summed E-state index contributed by atoms with van der Waals surface area (Å²) in [4.78, 5) is 0.259. The second-order valence-electron chi connectivity index (χ2n) is 4.69. The van der Waals surface area contributed by atoms with E-state index in [9.17, 15) is 8.42 Å². The summed E-state index contributed by atoms with van der Waals surface area (Å²) in [5, 5.41) is 7.10. The van der Waals surface area contributed by atoms with Gasteiger partial charge in [-0.3, -0.25) is 5.10 Å². The molecule has 18 heavy (non-hydrogen) atoms. The molecule has 0 atom stereocenters. The van der Waals surface area contributed by atoms with Gasteiger partial charge < -0.3 is 0 Å². The molecule has 1 aromatic heterocycles. The first-order valence-electron chi connectivity index (χ1n) is 6.08. The van der Waals surface area contributed by atoms with Crippen molar-refractivity contribution in [2.45, 2.75) is 48.8 Å². The van der Waals surface area contributed by atoms with Crippen LogP contribution in [0, 0.1) is 6.92 Å². The topological polar surface area (TPSA) is 74.8 Å². The van der Waals surface area contributed by atoms with Crippen molar-refractivity contribution in [2.75, 3.05) is 6.26 Å². The Hall–Kier alpha value is -0.530. The van der Waals surface area contributed by atoms with Crippen LogP contribution in [-0.2, 0) is 10.0 Å². The van der Waals surface area contributed by atoms with Crippen molar-refractivity contribution in [2.24, 2.45) is 0 Å². The van der Waals surface area contributed by atoms with Crippen molar-refractivity contribution < 1.29 is 8.42 Å². The summed E-state index contributed by atoms with van der Waals surface area (Å²) >= 11 is 1.87. The van der Waals surface area contributed by atoms with Crippen LogP contribution in [0.1, 0.15) is 31.4 Å². The van der Waals surface area contributed by atoms with Crippen molar-refractivity contribution in [1.29, 1.82) is 0 Å². The Morgan fingerprint density at radius 1 is 1.39 bits per heavy atom. The van der Waals surface area contributed by atoms with Gasteiger partial charge in [0.25, 0.3) is 0 Å². The number of thioether (sulfide) groups is 1. The number of aromatic nitrogens is 2. The Labute approximate surface area is 112 Å². The summed E-state index contributed by atoms with van der Waals surface area (Å²) in [6, 6.07) is 0.0627. The van der Waals surface area contributed by atoms with E-state index in [1.807, 2.05) is 11.8 Å². The molecular formula is C11H19N3O2S2. The Bertz CT molecular complexity index is 490. The quantitative estimate of drug-likeness (QED) is 0.884. The molecule has 1 aliphatic carbocycles. The average molecular weight is 289 g/mol. The van der Waals surface area contributed by atoms with Crippen LogP contribution in [0.2, 0.25) is 0 Å². The fourth-order valence-electron chi connectivity index (χ4n) is 2.31. The van der Waals surface area contributed by atoms with E-state index in [1.165, 1.54) is 6.20 Å². The van der Waals surface area contributed by atoms with Crippen molar-refractivity contribution in [3.05, 3.63) is 11.9 Å². The minimum Gasteiger partial charge on any atom is -0.281 e. The second-order valence-corrected chi connectivity index (χ2v) is 7.51. The summed E-state index contributed by atoms with van der Waals surface area (Å²) in [5.41, 5.74) is 0.584. The fourth-order valence-corrected chi connectivity index (χ4v) is 4.50. The molecule has 7 heteroatoms. The van der Waals surface area contributed by atoms with E-state index in [2.05, 4.69) is 21.2 Å². The van der Waals surface area contributed by atoms with E-state index in [4.69, 9.17) is 0 Å². The van der Waals surface area contributed by atoms with Gasteiger partial charge in [-0.1, -0.05) is 0 Å². The van der Waals surface area contributed by atoms with Gasteiger partial charge in [0.05, 0.1) is 11.9 Å². The Morgan fingerprint density at radius 2 is 2.06 bits per heavy atom. The predicted octanol–water partition coefficient (Wildman–Crippen LogP) is 1.67. The van der Waals surface area contributed by atoms with E-state index >= 15 is 0 Å². The first-order chi connectivity index (χ1) is 8.53. The van der Waals surface area contributed by atoms with E-state index in [-0.39, 0.29) is 10.9 Å². The van der Waals surface area contributed by atoms with Gasteiger partial charge in [-0.15, -0.1) is 0 Å². The van der Waals surface area contributed by atoms with Crippen molar-refractivity contribution in [1.82, 2.24) is 14.9 Å². The minimum atomic E-state index is -3.42. The Kier molecular flexibility index (Phi) is 4.34. The number of hydrogen-bond donors (Lipinski definition) is 2. The SMILES string of the molecule is CSC1CCC(NS(=O)(=O)c2cn[nH]c2C)CC1. The second kappa shape index (κ2) is 5.63. The highest BCUT2D eigenvalue weighted by molar-refractivity contribution is 7.99. The van der Waals surface area contributed by atoms with Crippen molar-refractivity contribution >= 4 is 21.8 Å². The normalized spacial score (nSPS) is 25.2. The lowest BCUT2D eigenvalue weighted by Gasteiger charge is -2.27. The third-order valence-corrected chi connectivity index (χ3v) is 6.17. The molecule has 0 aliphatic heterocycles. The first kappa shape index (κ1) is 13.9. The van der Waals surface area contributed by atoms with Gasteiger partial charge >= 0.3 is 0 Å². The van der Waals surface area contributed by atoms with Crippen LogP contribution in [0.25, 0.3) is 0 Å². The Balaban J connectivity index is 2.00. The van der Waals surface area contributed by atoms with E-state index in [1.54, 1.807) is 6.92 Å². The predicted molar refractivity (Wildman–Crippen MR) is 73.2 cm³/mol. The molecule has 0 aromatic carbocycles. The summed E-state index contributed by atoms with van der Waals surface area (Å²) in [7, 11) is -3.42. The molecule has 1 aromatic rings. The summed E-state index contributed by atoms with van der Waals surface area (Å²) in [6.07, 6.45) is 7.48. The Morgan fingerprint density at radius 3 is 2.56 bits per heavy atom. The van der Waals surface area contributed by atoms with Crippen LogP contribution in [-0.4, -0.2) is 36.2 Å². The van der Waals surface area contributed by atoms with E-state index in [0.717, 1.165) is 25.7 Å². The smallest absolute Gasteiger partial charge is 0.244 e. The van der Waals surface area contributed by atoms with Crippen LogP contribution < -0.4 is 4.72 Å². The maximum absolute atomic E-state index is 12.2. The number of sulfonamides is 1. The fraction of sp³-hybridized carbons (Fsp3) is 0.727. The molecule has 1 heterocycles. The zero-order valence-electron chi connectivity index (χ0n) is 10.6. The highest BCUT2D eigenvalue weighted by Crippen LogP contribution is 2.27. The van der Waals surface area contributed by atoms with Gasteiger partial charge in [0.15, 0.2) is 0 Å². The zero-order valence-corrected chi connectivity index (χ0v) is 12.3. The average Bonchev–Trinajstić information content (AvgIpc) is 2.77. The standard InChI is InChI=1S/C11H19N3O2S2/c1-8-11(7-12-13-8)18(15,16)14-9-3-5-10(17-2)6-4-9/h7,9-10,14H,3-6H2,1-2H3,(H,12,13). The van der Waals surface area contributed by atoms with Gasteiger partial charge in [-0.05, 0) is 38.9 Å². The van der Waals surface area contributed by atoms with Crippen LogP contribution in [0.4, 0.5) is 0 Å². The molecule has 0 radical (unpaired) electrons. The van der Waals surface area contributed by atoms with Crippen molar-refractivity contribution in [3.63, 3.8) is 0 Å². The summed E-state index contributed by atoms with van der Waals surface area (Å²) < 4.78 is 27.1. The highest BCUT2D eigenvalue weighted by atomic mass is 32.2. The number of nitrogens with zero attached hydrogens (tertiary/aromatic N) is 1. The molecule has 1 fully saturated rings. The summed E-state index contributed by atoms with van der Waals surface area (Å²) in [5.74, 6) is 0. The van der Waals surface area contributed by atoms with E-state index in [0.29, 0.717) is 10.9 Å². The molecule has 1 aliphatic rings. The number of rotatable bonds is 4. The molecule has 2 rings (SSSR count). The largest absolute Gasteiger partial charge is 0.281 e. The molecule has 2 N–H and O–H groups in total. The van der Waals surface area contributed by atoms with Gasteiger partial charge in [-0.25, -0.2) is 13.1 Å². The third-order valence-electron chi connectivity index (χ3n) is 3.40. The van der Waals surface area contributed by atoms with Gasteiger partial charge in [0.2, 0.25) is 10.0 Å². The van der Waals surface area contributed by atoms with E-state index < -0.39 is 10.0 Å². The van der Waals surface area contributed by atoms with Crippen LogP contribution in [0.15, 0.2) is 11.1 Å². The van der Waals surface area contributed by atoms with Gasteiger partial charge in [0.1, 0.15) is 4.90 Å². The lowest BCUT2D eigenvalue weighted by atomic mass is 9.96. The molecule has 1 saturated carbocycles. The van der Waals surface area contributed by atoms with Crippen LogP contribution >= 0.6 is 11.8 Å². The number of H-pyrrole nitrogens is 1. The zero-order chi connectivity index (χ0) is 13.2. The molecule has 102 valence electrons. The molecule has 0 unspecified atom stereocenters. The van der Waals surface area contributed by atoms with Crippen LogP contribution in [0.3, 0.4) is 0 Å². The maximum Gasteiger partial charge on any atom is 0.244 e. The molecule has 0 spiro atoms. The molecule has 5 nitrogen and oxygen atoms in total. The van der Waals surface area contributed by atoms with Gasteiger partial charge in [0, 0.05) is 11.3 Å². The number of aryl methyl sites for hydroxylation is 1. The molecular weight excluding hydrogens is 270 g/mol. The lowest BCUT2D eigenvalue weighted by Crippen LogP contribution is -2.38. The lowest BCUT2D eigenvalue weighted by molar-refractivity contribution is 0.420. The monoisotopic (exact) mass is 289 g/mol. The minimum absolute atomic E-state index is 0.0627. The molecule has 0 saturated heterocycles. The third kappa shape index (κ3) is 3.07. The molecule has 0 amide bonds. The molecule has 0 bridgehead atoms. The number of nitrogens with one attached hydrogen (secondary N) is 2. The highest BCUT2D eigenvalue weighted by Gasteiger charge is 2.26. The van der Waals surface area contributed by atoms with Crippen LogP contribution in [0.5, 0.6) is 0 Å².